The molecule has 1 aromatic carbocycles. The number of benzene rings is 1. The second kappa shape index (κ2) is 4.90. The van der Waals surface area contributed by atoms with Gasteiger partial charge >= 0.3 is 0 Å². The predicted molar refractivity (Wildman–Crippen MR) is 81.6 cm³/mol. The molecule has 3 aromatic rings. The van der Waals surface area contributed by atoms with Gasteiger partial charge in [0.25, 0.3) is 5.56 Å². The number of nitrogens with two attached hydrogens (primary N) is 1. The van der Waals surface area contributed by atoms with E-state index in [9.17, 15) is 4.79 Å². The van der Waals surface area contributed by atoms with Crippen LogP contribution in [0.1, 0.15) is 5.56 Å². The number of hydrogen-bond acceptors (Lipinski definition) is 4. The largest absolute Gasteiger partial charge is 0.383 e. The van der Waals surface area contributed by atoms with Gasteiger partial charge in [0.15, 0.2) is 0 Å². The fourth-order valence-corrected chi connectivity index (χ4v) is 2.28. The van der Waals surface area contributed by atoms with Crippen molar-refractivity contribution < 1.29 is 0 Å². The van der Waals surface area contributed by atoms with Crippen molar-refractivity contribution in [1.29, 1.82) is 0 Å². The third-order valence-corrected chi connectivity index (χ3v) is 3.32. The summed E-state index contributed by atoms with van der Waals surface area (Å²) in [6, 6.07) is 11.1. The first-order chi connectivity index (χ1) is 10.1. The molecule has 0 aliphatic heterocycles. The number of hydrogen-bond donors (Lipinski definition) is 2. The lowest BCUT2D eigenvalue weighted by atomic mass is 10.0. The van der Waals surface area contributed by atoms with Crippen LogP contribution in [0, 0.1) is 6.92 Å². The Morgan fingerprint density at radius 1 is 1.24 bits per heavy atom. The molecule has 0 bridgehead atoms. The topological polar surface area (TPSA) is 89.6 Å². The summed E-state index contributed by atoms with van der Waals surface area (Å²) in [7, 11) is 1.78. The van der Waals surface area contributed by atoms with E-state index in [0.717, 1.165) is 16.7 Å². The van der Waals surface area contributed by atoms with Gasteiger partial charge in [0, 0.05) is 13.1 Å². The first-order valence-corrected chi connectivity index (χ1v) is 6.52. The van der Waals surface area contributed by atoms with Crippen molar-refractivity contribution in [1.82, 2.24) is 20.0 Å². The second-order valence-corrected chi connectivity index (χ2v) is 4.91. The van der Waals surface area contributed by atoms with Gasteiger partial charge in [-0.25, -0.2) is 5.10 Å². The van der Waals surface area contributed by atoms with Crippen LogP contribution < -0.4 is 11.3 Å². The Balaban J connectivity index is 2.25. The van der Waals surface area contributed by atoms with Gasteiger partial charge in [0.1, 0.15) is 17.2 Å². The number of aromatic amines is 1. The van der Waals surface area contributed by atoms with Crippen LogP contribution in [-0.2, 0) is 7.05 Å². The first kappa shape index (κ1) is 13.1. The summed E-state index contributed by atoms with van der Waals surface area (Å²) in [5.41, 5.74) is 10.1. The van der Waals surface area contributed by atoms with Crippen LogP contribution in [0.25, 0.3) is 22.5 Å². The standard InChI is InChI=1S/C15H15N5O/c1-9-4-3-5-10(8-9)13-14(19-20(2)15(13)16)11-6-7-12(21)18-17-11/h3-8H,16H2,1-2H3,(H,18,21). The fraction of sp³-hybridized carbons (Fsp3) is 0.133. The molecular formula is C15H15N5O. The van der Waals surface area contributed by atoms with Crippen LogP contribution >= 0.6 is 0 Å². The Morgan fingerprint density at radius 3 is 2.71 bits per heavy atom. The molecule has 0 saturated carbocycles. The summed E-state index contributed by atoms with van der Waals surface area (Å²) >= 11 is 0. The smallest absolute Gasteiger partial charge is 0.264 e. The van der Waals surface area contributed by atoms with E-state index in [2.05, 4.69) is 15.3 Å². The molecule has 0 spiro atoms. The Labute approximate surface area is 121 Å². The third kappa shape index (κ3) is 2.31. The van der Waals surface area contributed by atoms with E-state index in [1.54, 1.807) is 17.8 Å². The van der Waals surface area contributed by atoms with Crippen LogP contribution in [-0.4, -0.2) is 20.0 Å². The summed E-state index contributed by atoms with van der Waals surface area (Å²) in [5, 5.41) is 10.9. The highest BCUT2D eigenvalue weighted by molar-refractivity contribution is 5.87. The van der Waals surface area contributed by atoms with Crippen LogP contribution in [0.2, 0.25) is 0 Å². The zero-order valence-electron chi connectivity index (χ0n) is 11.8. The predicted octanol–water partition coefficient (Wildman–Crippen LogP) is 1.73. The minimum atomic E-state index is -0.250. The highest BCUT2D eigenvalue weighted by Gasteiger charge is 2.18. The first-order valence-electron chi connectivity index (χ1n) is 6.52. The molecule has 0 aliphatic rings. The van der Waals surface area contributed by atoms with Crippen molar-refractivity contribution in [2.45, 2.75) is 6.92 Å². The number of aryl methyl sites for hydroxylation is 2. The van der Waals surface area contributed by atoms with Gasteiger partial charge in [0.05, 0.1) is 5.56 Å². The van der Waals surface area contributed by atoms with E-state index in [1.165, 1.54) is 6.07 Å². The molecule has 6 heteroatoms. The molecule has 0 radical (unpaired) electrons. The minimum Gasteiger partial charge on any atom is -0.383 e. The lowest BCUT2D eigenvalue weighted by Gasteiger charge is -2.04. The maximum atomic E-state index is 11.2. The third-order valence-electron chi connectivity index (χ3n) is 3.32. The number of nitrogens with one attached hydrogen (secondary N) is 1. The molecule has 0 atom stereocenters. The normalized spacial score (nSPS) is 10.8. The molecule has 3 N–H and O–H groups in total. The van der Waals surface area contributed by atoms with Crippen LogP contribution in [0.5, 0.6) is 0 Å². The van der Waals surface area contributed by atoms with Crippen molar-refractivity contribution in [3.8, 4) is 22.5 Å². The molecule has 106 valence electrons. The van der Waals surface area contributed by atoms with E-state index in [4.69, 9.17) is 5.73 Å². The maximum Gasteiger partial charge on any atom is 0.264 e. The summed E-state index contributed by atoms with van der Waals surface area (Å²) in [6.07, 6.45) is 0. The van der Waals surface area contributed by atoms with Crippen molar-refractivity contribution in [2.24, 2.45) is 7.05 Å². The number of anilines is 1. The van der Waals surface area contributed by atoms with E-state index in [0.29, 0.717) is 17.2 Å². The second-order valence-electron chi connectivity index (χ2n) is 4.91. The molecule has 0 fully saturated rings. The molecule has 6 nitrogen and oxygen atoms in total. The number of nitrogens with zero attached hydrogens (tertiary/aromatic N) is 3. The van der Waals surface area contributed by atoms with Crippen LogP contribution in [0.15, 0.2) is 41.2 Å². The molecule has 2 aromatic heterocycles. The van der Waals surface area contributed by atoms with Gasteiger partial charge in [-0.05, 0) is 18.6 Å². The SMILES string of the molecule is Cc1cccc(-c2c(-c3ccc(=O)[nH]n3)nn(C)c2N)c1. The van der Waals surface area contributed by atoms with Gasteiger partial charge in [-0.1, -0.05) is 29.8 Å². The Hall–Kier alpha value is -2.89. The summed E-state index contributed by atoms with van der Waals surface area (Å²) in [5.74, 6) is 0.559. The monoisotopic (exact) mass is 281 g/mol. The summed E-state index contributed by atoms with van der Waals surface area (Å²) in [4.78, 5) is 11.2. The molecule has 0 saturated heterocycles. The number of aromatic nitrogens is 4. The van der Waals surface area contributed by atoms with Crippen LogP contribution in [0.3, 0.4) is 0 Å². The molecule has 3 rings (SSSR count). The minimum absolute atomic E-state index is 0.250. The molecular weight excluding hydrogens is 266 g/mol. The van der Waals surface area contributed by atoms with Crippen molar-refractivity contribution in [3.63, 3.8) is 0 Å². The van der Waals surface area contributed by atoms with Crippen molar-refractivity contribution >= 4 is 5.82 Å². The molecule has 0 unspecified atom stereocenters. The van der Waals surface area contributed by atoms with E-state index < -0.39 is 0 Å². The maximum absolute atomic E-state index is 11.2. The van der Waals surface area contributed by atoms with E-state index in [1.807, 2.05) is 31.2 Å². The summed E-state index contributed by atoms with van der Waals surface area (Å²) in [6.45, 7) is 2.02. The van der Waals surface area contributed by atoms with Gasteiger partial charge < -0.3 is 5.73 Å². The quantitative estimate of drug-likeness (QED) is 0.748. The molecule has 2 heterocycles. The molecule has 0 amide bonds. The van der Waals surface area contributed by atoms with Crippen molar-refractivity contribution in [3.05, 3.63) is 52.3 Å². The fourth-order valence-electron chi connectivity index (χ4n) is 2.28. The lowest BCUT2D eigenvalue weighted by Crippen LogP contribution is -2.06. The number of H-pyrrole nitrogens is 1. The Kier molecular flexibility index (Phi) is 3.06. The van der Waals surface area contributed by atoms with Gasteiger partial charge in [0.2, 0.25) is 0 Å². The molecule has 21 heavy (non-hydrogen) atoms. The van der Waals surface area contributed by atoms with Crippen molar-refractivity contribution in [2.75, 3.05) is 5.73 Å². The summed E-state index contributed by atoms with van der Waals surface area (Å²) < 4.78 is 1.61. The lowest BCUT2D eigenvalue weighted by molar-refractivity contribution is 0.780. The average molecular weight is 281 g/mol. The highest BCUT2D eigenvalue weighted by Crippen LogP contribution is 2.34. The number of nitrogen functional groups attached to an aromatic ring is 1. The van der Waals surface area contributed by atoms with Crippen LogP contribution in [0.4, 0.5) is 5.82 Å². The average Bonchev–Trinajstić information content (AvgIpc) is 2.76. The highest BCUT2D eigenvalue weighted by atomic mass is 16.1. The van der Waals surface area contributed by atoms with E-state index in [-0.39, 0.29) is 5.56 Å². The van der Waals surface area contributed by atoms with Gasteiger partial charge in [-0.3, -0.25) is 9.48 Å². The Morgan fingerprint density at radius 2 is 2.05 bits per heavy atom. The van der Waals surface area contributed by atoms with Gasteiger partial charge in [-0.2, -0.15) is 10.2 Å². The Bertz CT molecular complexity index is 842. The zero-order chi connectivity index (χ0) is 15.0. The number of rotatable bonds is 2. The molecule has 0 aliphatic carbocycles. The van der Waals surface area contributed by atoms with E-state index >= 15 is 0 Å². The van der Waals surface area contributed by atoms with Gasteiger partial charge in [-0.15, -0.1) is 0 Å². The zero-order valence-corrected chi connectivity index (χ0v) is 11.8.